The predicted molar refractivity (Wildman–Crippen MR) is 476 cm³/mol. The van der Waals surface area contributed by atoms with E-state index in [1.807, 2.05) is 27.7 Å². The largest absolute Gasteiger partial charge is 0.480 e. The third kappa shape index (κ3) is 27.3. The van der Waals surface area contributed by atoms with Gasteiger partial charge in [0.25, 0.3) is 0 Å². The lowest BCUT2D eigenvalue weighted by Gasteiger charge is -2.38. The van der Waals surface area contributed by atoms with Crippen molar-refractivity contribution in [3.8, 4) is 0 Å². The number of hydrogen-bond donors (Lipinski definition) is 15. The Morgan fingerprint density at radius 2 is 1.05 bits per heavy atom. The number of primary amides is 1. The number of amides is 15. The Labute approximate surface area is 750 Å². The zero-order valence-corrected chi connectivity index (χ0v) is 75.0. The van der Waals surface area contributed by atoms with Gasteiger partial charge in [0.15, 0.2) is 0 Å². The van der Waals surface area contributed by atoms with E-state index in [0.29, 0.717) is 77.0 Å². The SMILES string of the molecule is CCCC[C@H]1C(=O)N(C)[C@@H](CCCC)C(=O)N[C@@H](CC(C)C)C(=O)NCCCCC(=O)N[C@@H](Cc2ccc(F)cc2)C(=O)N2CCCC[C@H]2C(=O)N[C@@H](CC(N)=O)C(=O)N2CCC[C@H]2C(=O)N[C@@H](CN)C(=O)N[C@@H](CC(C)C)C(=O)N2C[C@H](O)C[C@H]2C(=O)N[C@@H](Cc2c[nH]c3ccccc23)C(=O)N[C@@H](CCN)C(=O)N[C@@H](Cc2cn(CC(=O)O)c3ccccc23)C(=O)N1C. The van der Waals surface area contributed by atoms with Gasteiger partial charge < -0.3 is 109 Å². The number of aliphatic carboxylic acids is 1. The number of likely N-dealkylation sites (N-methyl/N-ethyl adjacent to an activating group) is 2. The van der Waals surface area contributed by atoms with E-state index in [1.165, 1.54) is 57.6 Å². The number of carbonyl (C=O) groups excluding carboxylic acids is 15. The van der Waals surface area contributed by atoms with E-state index in [0.717, 1.165) is 9.80 Å². The molecule has 0 bridgehead atoms. The Morgan fingerprint density at radius 3 is 1.70 bits per heavy atom. The van der Waals surface area contributed by atoms with Gasteiger partial charge in [0.05, 0.1) is 12.5 Å². The number of para-hydroxylation sites is 2. The van der Waals surface area contributed by atoms with Crippen LogP contribution in [0.3, 0.4) is 0 Å². The van der Waals surface area contributed by atoms with Crippen LogP contribution in [0.2, 0.25) is 0 Å². The zero-order chi connectivity index (χ0) is 94.0. The maximum atomic E-state index is 15.9. The molecule has 0 radical (unpaired) electrons. The third-order valence-electron chi connectivity index (χ3n) is 24.4. The number of nitrogens with two attached hydrogens (primary N) is 3. The minimum atomic E-state index is -1.69. The van der Waals surface area contributed by atoms with Gasteiger partial charge in [-0.3, -0.25) is 76.7 Å². The highest BCUT2D eigenvalue weighted by molar-refractivity contribution is 6.02. The molecule has 14 atom stereocenters. The van der Waals surface area contributed by atoms with Gasteiger partial charge in [-0.15, -0.1) is 0 Å². The van der Waals surface area contributed by atoms with Crippen molar-refractivity contribution >= 4 is 116 Å². The monoisotopic (exact) mass is 1800 g/mol. The van der Waals surface area contributed by atoms with Crippen LogP contribution in [0.4, 0.5) is 4.39 Å². The Morgan fingerprint density at radius 1 is 0.512 bits per heavy atom. The van der Waals surface area contributed by atoms with Crippen molar-refractivity contribution in [2.45, 2.75) is 274 Å². The maximum absolute atomic E-state index is 15.9. The maximum Gasteiger partial charge on any atom is 0.323 e. The van der Waals surface area contributed by atoms with E-state index in [9.17, 15) is 53.0 Å². The van der Waals surface area contributed by atoms with Crippen LogP contribution < -0.4 is 65.1 Å². The molecule has 2 aromatic heterocycles. The number of piperidine rings is 1. The molecule has 4 saturated heterocycles. The molecular weight excluding hydrogens is 1670 g/mol. The van der Waals surface area contributed by atoms with Gasteiger partial charge in [-0.25, -0.2) is 4.39 Å². The second kappa shape index (κ2) is 47.9. The van der Waals surface area contributed by atoms with Gasteiger partial charge in [-0.1, -0.05) is 116 Å². The molecule has 5 aromatic rings. The number of carboxylic acids is 1. The summed E-state index contributed by atoms with van der Waals surface area (Å²) in [5.41, 5.74) is 20.7. The summed E-state index contributed by atoms with van der Waals surface area (Å²) in [6.45, 7) is 9.21. The first-order valence-electron chi connectivity index (χ1n) is 45.1. The number of halogens is 1. The van der Waals surface area contributed by atoms with E-state index in [4.69, 9.17) is 17.2 Å². The Kier molecular flexibility index (Phi) is 37.5. The van der Waals surface area contributed by atoms with Crippen molar-refractivity contribution in [2.24, 2.45) is 29.0 Å². The van der Waals surface area contributed by atoms with Gasteiger partial charge in [0, 0.05) is 113 Å². The van der Waals surface area contributed by atoms with Crippen LogP contribution in [0.25, 0.3) is 21.8 Å². The van der Waals surface area contributed by atoms with Gasteiger partial charge in [-0.2, -0.15) is 0 Å². The number of aliphatic hydroxyl groups is 1. The molecule has 0 aliphatic carbocycles. The lowest BCUT2D eigenvalue weighted by molar-refractivity contribution is -0.149. The van der Waals surface area contributed by atoms with Crippen LogP contribution in [0.1, 0.15) is 180 Å². The second-order valence-electron chi connectivity index (χ2n) is 35.2. The van der Waals surface area contributed by atoms with Crippen molar-refractivity contribution in [1.29, 1.82) is 0 Å². The summed E-state index contributed by atoms with van der Waals surface area (Å²) in [6.07, 6.45) is 3.26. The van der Waals surface area contributed by atoms with Gasteiger partial charge >= 0.3 is 5.97 Å². The molecule has 0 spiro atoms. The Bertz CT molecular complexity index is 4810. The van der Waals surface area contributed by atoms with Crippen molar-refractivity contribution < 1.29 is 91.3 Å². The van der Waals surface area contributed by atoms with E-state index in [2.05, 4.69) is 52.8 Å². The number of aromatic amines is 1. The van der Waals surface area contributed by atoms with Crippen LogP contribution >= 0.6 is 0 Å². The molecule has 15 amide bonds. The number of fused-ring (bicyclic) bond motifs is 5. The van der Waals surface area contributed by atoms with E-state index in [-0.39, 0.29) is 134 Å². The first kappa shape index (κ1) is 101. The molecule has 129 heavy (non-hydrogen) atoms. The van der Waals surface area contributed by atoms with Crippen molar-refractivity contribution in [3.63, 3.8) is 0 Å². The van der Waals surface area contributed by atoms with Gasteiger partial charge in [-0.05, 0) is 136 Å². The fraction of sp³-hybridized carbons (Fsp3) is 0.582. The quantitative estimate of drug-likeness (QED) is 0.0437. The molecule has 3 aromatic carbocycles. The second-order valence-corrected chi connectivity index (χ2v) is 35.2. The molecular formula is C91H130FN19O18. The number of carbonyl (C=O) groups is 16. The number of nitrogens with zero attached hydrogens (tertiary/aromatic N) is 6. The fourth-order valence-electron chi connectivity index (χ4n) is 17.6. The first-order valence-corrected chi connectivity index (χ1v) is 45.1. The van der Waals surface area contributed by atoms with Crippen LogP contribution in [0.15, 0.2) is 85.2 Å². The minimum Gasteiger partial charge on any atom is -0.480 e. The molecule has 9 rings (SSSR count). The van der Waals surface area contributed by atoms with Gasteiger partial charge in [0.1, 0.15) is 90.9 Å². The third-order valence-corrected chi connectivity index (χ3v) is 24.4. The molecule has 18 N–H and O–H groups in total. The average molecular weight is 1800 g/mol. The van der Waals surface area contributed by atoms with Crippen molar-refractivity contribution in [3.05, 3.63) is 108 Å². The molecule has 6 heterocycles. The first-order chi connectivity index (χ1) is 61.5. The van der Waals surface area contributed by atoms with Crippen LogP contribution in [0, 0.1) is 17.7 Å². The van der Waals surface area contributed by atoms with Crippen LogP contribution in [-0.2, 0) is 103 Å². The summed E-state index contributed by atoms with van der Waals surface area (Å²) in [4.78, 5) is 244. The Balaban J connectivity index is 1.08. The predicted octanol–water partition coefficient (Wildman–Crippen LogP) is 1.20. The number of unbranched alkanes of at least 4 members (excludes halogenated alkanes) is 2. The molecule has 4 aliphatic rings. The van der Waals surface area contributed by atoms with E-state index < -0.39 is 211 Å². The highest BCUT2D eigenvalue weighted by atomic mass is 19.1. The summed E-state index contributed by atoms with van der Waals surface area (Å²) >= 11 is 0. The molecule has 37 nitrogen and oxygen atoms in total. The van der Waals surface area contributed by atoms with E-state index >= 15 is 38.4 Å². The summed E-state index contributed by atoms with van der Waals surface area (Å²) in [5.74, 6) is -14.6. The molecule has 0 unspecified atom stereocenters. The molecule has 4 aliphatic heterocycles. The average Bonchev–Trinajstić information content (AvgIpc) is 1.70. The molecule has 38 heteroatoms. The van der Waals surface area contributed by atoms with Crippen LogP contribution in [0.5, 0.6) is 0 Å². The number of carboxylic acid groups (broad SMARTS) is 1. The number of hydrogen-bond acceptors (Lipinski definition) is 19. The number of aliphatic hydroxyl groups excluding tert-OH is 1. The number of benzene rings is 3. The lowest BCUT2D eigenvalue weighted by Crippen LogP contribution is -2.62. The fourth-order valence-corrected chi connectivity index (χ4v) is 17.6. The van der Waals surface area contributed by atoms with Crippen molar-refractivity contribution in [2.75, 3.05) is 53.4 Å². The summed E-state index contributed by atoms with van der Waals surface area (Å²) in [7, 11) is 2.82. The Hall–Kier alpha value is -11.9. The van der Waals surface area contributed by atoms with Crippen LogP contribution in [-0.4, -0.2) is 277 Å². The molecule has 0 saturated carbocycles. The smallest absolute Gasteiger partial charge is 0.323 e. The number of aromatic nitrogens is 2. The summed E-state index contributed by atoms with van der Waals surface area (Å²) < 4.78 is 15.8. The number of H-pyrrole nitrogens is 1. The van der Waals surface area contributed by atoms with Crippen molar-refractivity contribution in [1.82, 2.24) is 81.9 Å². The minimum absolute atomic E-state index is 0.00829. The molecule has 704 valence electrons. The topological polar surface area (TPSA) is 537 Å². The highest BCUT2D eigenvalue weighted by Gasteiger charge is 2.47. The number of nitrogens with one attached hydrogen (secondary N) is 10. The van der Waals surface area contributed by atoms with Gasteiger partial charge in [0.2, 0.25) is 88.6 Å². The van der Waals surface area contributed by atoms with E-state index in [1.54, 1.807) is 74.8 Å². The lowest BCUT2D eigenvalue weighted by atomic mass is 9.97. The number of rotatable bonds is 23. The normalized spacial score (nSPS) is 25.5. The highest BCUT2D eigenvalue weighted by Crippen LogP contribution is 2.30. The standard InChI is InChI=1S/C91H130FN19O18/c1-9-11-25-71-83(121)100-63(40-52(3)4)79(117)96-37-19-17-30-77(114)98-66(42-54-31-33-57(92)34-32-54)88(126)109-38-20-18-28-72(109)84(122)104-68(46-76(95)113)89(127)110-39-21-29-73(110)85(123)105-69(47-94)82(120)102-65(41-53(5)6)90(128)111-50-58(112)45-75(111)86(124)101-64(43-55-48-97-61-24-15-13-22-59(55)61)81(119)99-62(35-36-93)80(118)103-67(87(125)107(8)74(26-12-10-2)91(129)106(71)7)44-56-49-108(51-78(115)116)70-27-16-14-23-60(56)70/h13-16,22-24,27,31-34,48-49,52-53,58,62-69,71-75,97,112H,9-12,17-21,25-26,28-30,35-47,50-51,93-94H2,1-8H3,(H2,95,113)(H,96,117)(H,98,114)(H,99,119)(H,100,121)(H,101,124)(H,102,120)(H,103,118)(H,104,122)(H,105,123)(H,115,116)/t58-,62+,63+,64+,65+,66+,67+,68+,69+,71+,72+,73+,74+,75+/m1/s1. The summed E-state index contributed by atoms with van der Waals surface area (Å²) in [5, 5.41) is 47.6. The summed E-state index contributed by atoms with van der Waals surface area (Å²) in [6, 6.07) is 0.534. The zero-order valence-electron chi connectivity index (χ0n) is 75.0. The molecule has 4 fully saturated rings.